The van der Waals surface area contributed by atoms with Crippen LogP contribution in [-0.2, 0) is 4.79 Å². The molecule has 0 aliphatic carbocycles. The normalized spacial score (nSPS) is 29.0. The largest absolute Gasteiger partial charge is 0.480 e. The lowest BCUT2D eigenvalue weighted by molar-refractivity contribution is -0.145. The summed E-state index contributed by atoms with van der Waals surface area (Å²) in [4.78, 5) is 13.1. The van der Waals surface area contributed by atoms with E-state index >= 15 is 0 Å². The van der Waals surface area contributed by atoms with Crippen molar-refractivity contribution in [3.63, 3.8) is 0 Å². The molecule has 0 spiro atoms. The van der Waals surface area contributed by atoms with Crippen LogP contribution in [-0.4, -0.2) is 41.7 Å². The first-order chi connectivity index (χ1) is 6.65. The Hall–Kier alpha value is -0.610. The zero-order chi connectivity index (χ0) is 10.6. The van der Waals surface area contributed by atoms with Crippen LogP contribution in [0.15, 0.2) is 0 Å². The molecule has 0 saturated carbocycles. The fourth-order valence-corrected chi connectivity index (χ4v) is 2.01. The third-order valence-corrected chi connectivity index (χ3v) is 2.91. The summed E-state index contributed by atoms with van der Waals surface area (Å²) >= 11 is 0. The van der Waals surface area contributed by atoms with Gasteiger partial charge in [0.05, 0.1) is 0 Å². The summed E-state index contributed by atoms with van der Waals surface area (Å²) in [6.45, 7) is 4.48. The Morgan fingerprint density at radius 1 is 1.64 bits per heavy atom. The number of piperidine rings is 1. The van der Waals surface area contributed by atoms with Gasteiger partial charge in [-0.3, -0.25) is 9.69 Å². The number of nitrogens with zero attached hydrogens (tertiary/aromatic N) is 1. The summed E-state index contributed by atoms with van der Waals surface area (Å²) in [7, 11) is 0. The molecule has 3 N–H and O–H groups in total. The van der Waals surface area contributed by atoms with Crippen molar-refractivity contribution >= 4 is 5.97 Å². The predicted octanol–water partition coefficient (Wildman–Crippen LogP) is 0.520. The Labute approximate surface area is 85.1 Å². The Kier molecular flexibility index (Phi) is 4.35. The molecule has 1 aliphatic heterocycles. The fraction of sp³-hybridized carbons (Fsp3) is 0.900. The van der Waals surface area contributed by atoms with Crippen LogP contribution in [0.3, 0.4) is 0 Å². The van der Waals surface area contributed by atoms with Crippen molar-refractivity contribution < 1.29 is 9.90 Å². The highest BCUT2D eigenvalue weighted by Gasteiger charge is 2.30. The van der Waals surface area contributed by atoms with Crippen LogP contribution < -0.4 is 5.73 Å². The van der Waals surface area contributed by atoms with Gasteiger partial charge >= 0.3 is 5.97 Å². The molecule has 1 fully saturated rings. The van der Waals surface area contributed by atoms with Gasteiger partial charge in [-0.05, 0) is 38.3 Å². The highest BCUT2D eigenvalue weighted by Crippen LogP contribution is 2.22. The number of nitrogens with two attached hydrogens (primary N) is 1. The molecule has 1 rings (SSSR count). The first-order valence-corrected chi connectivity index (χ1v) is 5.32. The number of rotatable bonds is 4. The number of hydrogen-bond donors (Lipinski definition) is 2. The first-order valence-electron chi connectivity index (χ1n) is 5.32. The molecule has 1 heterocycles. The molecule has 2 atom stereocenters. The van der Waals surface area contributed by atoms with E-state index in [-0.39, 0.29) is 6.04 Å². The second-order valence-electron chi connectivity index (χ2n) is 4.16. The van der Waals surface area contributed by atoms with Crippen LogP contribution in [0.1, 0.15) is 26.2 Å². The molecule has 1 aliphatic rings. The lowest BCUT2D eigenvalue weighted by atomic mass is 9.92. The highest BCUT2D eigenvalue weighted by molar-refractivity contribution is 5.73. The Balaban J connectivity index is 2.49. The Morgan fingerprint density at radius 2 is 2.36 bits per heavy atom. The van der Waals surface area contributed by atoms with Crippen molar-refractivity contribution in [1.29, 1.82) is 0 Å². The number of hydrogen-bond acceptors (Lipinski definition) is 3. The van der Waals surface area contributed by atoms with Crippen molar-refractivity contribution in [2.45, 2.75) is 32.2 Å². The van der Waals surface area contributed by atoms with E-state index in [1.807, 2.05) is 0 Å². The summed E-state index contributed by atoms with van der Waals surface area (Å²) in [6, 6.07) is -0.287. The molecule has 1 saturated heterocycles. The maximum absolute atomic E-state index is 11.0. The van der Waals surface area contributed by atoms with Gasteiger partial charge in [-0.1, -0.05) is 6.92 Å². The third-order valence-electron chi connectivity index (χ3n) is 2.91. The Morgan fingerprint density at radius 3 is 2.93 bits per heavy atom. The average molecular weight is 200 g/mol. The number of likely N-dealkylation sites (tertiary alicyclic amines) is 1. The lowest BCUT2D eigenvalue weighted by Gasteiger charge is -2.35. The first kappa shape index (κ1) is 11.5. The zero-order valence-electron chi connectivity index (χ0n) is 8.78. The number of carbonyl (C=O) groups is 1. The van der Waals surface area contributed by atoms with E-state index in [9.17, 15) is 4.79 Å². The van der Waals surface area contributed by atoms with Gasteiger partial charge in [0.1, 0.15) is 6.04 Å². The van der Waals surface area contributed by atoms with E-state index in [2.05, 4.69) is 11.8 Å². The Bertz CT molecular complexity index is 195. The maximum atomic E-state index is 11.0. The smallest absolute Gasteiger partial charge is 0.320 e. The molecule has 0 aromatic heterocycles. The van der Waals surface area contributed by atoms with Gasteiger partial charge in [0.15, 0.2) is 0 Å². The van der Waals surface area contributed by atoms with Crippen LogP contribution in [0.25, 0.3) is 0 Å². The maximum Gasteiger partial charge on any atom is 0.320 e. The summed E-state index contributed by atoms with van der Waals surface area (Å²) in [6.07, 6.45) is 2.77. The van der Waals surface area contributed by atoms with Crippen molar-refractivity contribution in [2.24, 2.45) is 11.7 Å². The molecule has 82 valence electrons. The van der Waals surface area contributed by atoms with Gasteiger partial charge < -0.3 is 10.8 Å². The van der Waals surface area contributed by atoms with Crippen LogP contribution >= 0.6 is 0 Å². The molecule has 14 heavy (non-hydrogen) atoms. The second-order valence-corrected chi connectivity index (χ2v) is 4.16. The number of aliphatic carboxylic acids is 1. The van der Waals surface area contributed by atoms with Crippen LogP contribution in [0, 0.1) is 5.92 Å². The van der Waals surface area contributed by atoms with Gasteiger partial charge in [0.25, 0.3) is 0 Å². The molecule has 0 amide bonds. The number of carboxylic acid groups (broad SMARTS) is 1. The molecular formula is C10H20N2O2. The van der Waals surface area contributed by atoms with E-state index < -0.39 is 5.97 Å². The standard InChI is InChI=1S/C10H20N2O2/c1-8-3-6-12(5-2-4-11)9(7-8)10(13)14/h8-9H,2-7,11H2,1H3,(H,13,14). The molecule has 2 unspecified atom stereocenters. The monoisotopic (exact) mass is 200 g/mol. The van der Waals surface area contributed by atoms with E-state index in [0.29, 0.717) is 12.5 Å². The quantitative estimate of drug-likeness (QED) is 0.694. The summed E-state index contributed by atoms with van der Waals surface area (Å²) < 4.78 is 0. The van der Waals surface area contributed by atoms with Gasteiger partial charge in [0, 0.05) is 6.54 Å². The van der Waals surface area contributed by atoms with Crippen LogP contribution in [0.5, 0.6) is 0 Å². The molecular weight excluding hydrogens is 180 g/mol. The molecule has 0 aromatic carbocycles. The van der Waals surface area contributed by atoms with Gasteiger partial charge in [-0.15, -0.1) is 0 Å². The fourth-order valence-electron chi connectivity index (χ4n) is 2.01. The molecule has 4 heteroatoms. The second kappa shape index (κ2) is 5.32. The molecule has 0 aromatic rings. The van der Waals surface area contributed by atoms with Crippen molar-refractivity contribution in [3.8, 4) is 0 Å². The molecule has 0 bridgehead atoms. The summed E-state index contributed by atoms with van der Waals surface area (Å²) in [5.74, 6) is -0.154. The summed E-state index contributed by atoms with van der Waals surface area (Å²) in [5, 5.41) is 9.05. The SMILES string of the molecule is CC1CCN(CCCN)C(C(=O)O)C1. The van der Waals surface area contributed by atoms with Crippen LogP contribution in [0.2, 0.25) is 0 Å². The van der Waals surface area contributed by atoms with Crippen molar-refractivity contribution in [3.05, 3.63) is 0 Å². The average Bonchev–Trinajstić information content (AvgIpc) is 2.15. The zero-order valence-corrected chi connectivity index (χ0v) is 8.78. The molecule has 0 radical (unpaired) electrons. The van der Waals surface area contributed by atoms with E-state index in [1.54, 1.807) is 0 Å². The lowest BCUT2D eigenvalue weighted by Crippen LogP contribution is -2.47. The van der Waals surface area contributed by atoms with E-state index in [1.165, 1.54) is 0 Å². The minimum atomic E-state index is -0.687. The molecule has 4 nitrogen and oxygen atoms in total. The van der Waals surface area contributed by atoms with Crippen molar-refractivity contribution in [2.75, 3.05) is 19.6 Å². The minimum absolute atomic E-state index is 0.287. The minimum Gasteiger partial charge on any atom is -0.480 e. The van der Waals surface area contributed by atoms with Gasteiger partial charge in [0.2, 0.25) is 0 Å². The topological polar surface area (TPSA) is 66.6 Å². The van der Waals surface area contributed by atoms with Crippen molar-refractivity contribution in [1.82, 2.24) is 4.90 Å². The van der Waals surface area contributed by atoms with Crippen LogP contribution in [0.4, 0.5) is 0 Å². The third kappa shape index (κ3) is 2.96. The predicted molar refractivity (Wildman–Crippen MR) is 55.1 cm³/mol. The van der Waals surface area contributed by atoms with Gasteiger partial charge in [-0.2, -0.15) is 0 Å². The van der Waals surface area contributed by atoms with E-state index in [0.717, 1.165) is 32.4 Å². The summed E-state index contributed by atoms with van der Waals surface area (Å²) in [5.41, 5.74) is 5.42. The number of carboxylic acids is 1. The highest BCUT2D eigenvalue weighted by atomic mass is 16.4. The van der Waals surface area contributed by atoms with E-state index in [4.69, 9.17) is 10.8 Å². The van der Waals surface area contributed by atoms with Gasteiger partial charge in [-0.25, -0.2) is 0 Å².